The Morgan fingerprint density at radius 1 is 1.46 bits per heavy atom. The summed E-state index contributed by atoms with van der Waals surface area (Å²) >= 11 is 0. The molecule has 0 saturated carbocycles. The molecule has 0 aliphatic carbocycles. The van der Waals surface area contributed by atoms with E-state index in [2.05, 4.69) is 24.4 Å². The molecule has 1 aliphatic heterocycles. The Labute approximate surface area is 78.9 Å². The number of methoxy groups -OCH3 is 1. The van der Waals surface area contributed by atoms with E-state index < -0.39 is 0 Å². The van der Waals surface area contributed by atoms with Crippen molar-refractivity contribution >= 4 is 5.69 Å². The molecule has 0 unspecified atom stereocenters. The van der Waals surface area contributed by atoms with E-state index in [0.29, 0.717) is 0 Å². The van der Waals surface area contributed by atoms with Crippen molar-refractivity contribution < 1.29 is 4.74 Å². The number of fused-ring (bicyclic) bond motifs is 1. The Kier molecular flexibility index (Phi) is 2.13. The van der Waals surface area contributed by atoms with Crippen molar-refractivity contribution in [1.29, 1.82) is 0 Å². The fourth-order valence-electron chi connectivity index (χ4n) is 1.76. The molecule has 2 heteroatoms. The largest absolute Gasteiger partial charge is 0.497 e. The van der Waals surface area contributed by atoms with E-state index in [4.69, 9.17) is 4.74 Å². The number of benzene rings is 1. The second-order valence-electron chi connectivity index (χ2n) is 3.71. The summed E-state index contributed by atoms with van der Waals surface area (Å²) in [7, 11) is 1.70. The van der Waals surface area contributed by atoms with E-state index in [9.17, 15) is 0 Å². The standard InChI is InChI=1S/C11H15NO/c1-8-5-9-3-4-10(13-2)6-11(9)12-7-8/h3-4,6,8,12H,5,7H2,1-2H3/t8-/m1/s1. The number of rotatable bonds is 1. The first-order valence-electron chi connectivity index (χ1n) is 4.70. The van der Waals surface area contributed by atoms with Crippen LogP contribution in [-0.2, 0) is 6.42 Å². The predicted molar refractivity (Wildman–Crippen MR) is 54.4 cm³/mol. The second kappa shape index (κ2) is 3.29. The van der Waals surface area contributed by atoms with Crippen molar-refractivity contribution in [3.63, 3.8) is 0 Å². The molecule has 1 aliphatic rings. The van der Waals surface area contributed by atoms with Gasteiger partial charge in [-0.15, -0.1) is 0 Å². The van der Waals surface area contributed by atoms with Gasteiger partial charge in [0.2, 0.25) is 0 Å². The molecule has 1 N–H and O–H groups in total. The lowest BCUT2D eigenvalue weighted by atomic mass is 9.95. The van der Waals surface area contributed by atoms with E-state index in [1.807, 2.05) is 6.07 Å². The highest BCUT2D eigenvalue weighted by atomic mass is 16.5. The van der Waals surface area contributed by atoms with Crippen LogP contribution in [0.5, 0.6) is 5.75 Å². The molecular weight excluding hydrogens is 162 g/mol. The monoisotopic (exact) mass is 177 g/mol. The van der Waals surface area contributed by atoms with Crippen LogP contribution < -0.4 is 10.1 Å². The average molecular weight is 177 g/mol. The van der Waals surface area contributed by atoms with E-state index in [1.165, 1.54) is 17.7 Å². The first kappa shape index (κ1) is 8.42. The van der Waals surface area contributed by atoms with Crippen LogP contribution in [0.15, 0.2) is 18.2 Å². The van der Waals surface area contributed by atoms with Gasteiger partial charge < -0.3 is 10.1 Å². The first-order valence-corrected chi connectivity index (χ1v) is 4.70. The summed E-state index contributed by atoms with van der Waals surface area (Å²) in [5.74, 6) is 1.67. The van der Waals surface area contributed by atoms with Gasteiger partial charge >= 0.3 is 0 Å². The number of anilines is 1. The van der Waals surface area contributed by atoms with Gasteiger partial charge in [-0.05, 0) is 24.0 Å². The van der Waals surface area contributed by atoms with Crippen molar-refractivity contribution in [3.8, 4) is 5.75 Å². The molecule has 2 nitrogen and oxygen atoms in total. The molecule has 0 saturated heterocycles. The van der Waals surface area contributed by atoms with Crippen molar-refractivity contribution in [2.75, 3.05) is 19.0 Å². The minimum Gasteiger partial charge on any atom is -0.497 e. The molecule has 0 spiro atoms. The molecule has 0 amide bonds. The Balaban J connectivity index is 2.31. The SMILES string of the molecule is COc1ccc2c(c1)NC[C@H](C)C2. The minimum absolute atomic E-state index is 0.737. The third kappa shape index (κ3) is 1.62. The lowest BCUT2D eigenvalue weighted by Gasteiger charge is -2.23. The molecule has 1 aromatic carbocycles. The normalized spacial score (nSPS) is 20.3. The number of hydrogen-bond donors (Lipinski definition) is 1. The molecule has 1 heterocycles. The van der Waals surface area contributed by atoms with E-state index >= 15 is 0 Å². The van der Waals surface area contributed by atoms with Crippen molar-refractivity contribution in [3.05, 3.63) is 23.8 Å². The smallest absolute Gasteiger partial charge is 0.120 e. The molecule has 0 bridgehead atoms. The molecule has 0 aromatic heterocycles. The van der Waals surface area contributed by atoms with E-state index in [-0.39, 0.29) is 0 Å². The molecule has 0 radical (unpaired) electrons. The van der Waals surface area contributed by atoms with Crippen molar-refractivity contribution in [2.24, 2.45) is 5.92 Å². The van der Waals surface area contributed by atoms with Crippen LogP contribution in [0.25, 0.3) is 0 Å². The Bertz CT molecular complexity index is 309. The summed E-state index contributed by atoms with van der Waals surface area (Å²) in [5.41, 5.74) is 2.64. The minimum atomic E-state index is 0.737. The van der Waals surface area contributed by atoms with E-state index in [1.54, 1.807) is 7.11 Å². The van der Waals surface area contributed by atoms with Crippen LogP contribution >= 0.6 is 0 Å². The number of ether oxygens (including phenoxy) is 1. The van der Waals surface area contributed by atoms with Gasteiger partial charge in [-0.3, -0.25) is 0 Å². The lowest BCUT2D eigenvalue weighted by molar-refractivity contribution is 0.414. The predicted octanol–water partition coefficient (Wildman–Crippen LogP) is 2.30. The Hall–Kier alpha value is -1.18. The third-order valence-electron chi connectivity index (χ3n) is 2.53. The maximum absolute atomic E-state index is 5.17. The molecule has 1 atom stereocenters. The Morgan fingerprint density at radius 3 is 3.08 bits per heavy atom. The van der Waals surface area contributed by atoms with Crippen LogP contribution in [0, 0.1) is 5.92 Å². The topological polar surface area (TPSA) is 21.3 Å². The molecule has 13 heavy (non-hydrogen) atoms. The molecular formula is C11H15NO. The molecule has 0 fully saturated rings. The summed E-state index contributed by atoms with van der Waals surface area (Å²) in [6.45, 7) is 3.33. The zero-order chi connectivity index (χ0) is 9.26. The zero-order valence-corrected chi connectivity index (χ0v) is 8.13. The lowest BCUT2D eigenvalue weighted by Crippen LogP contribution is -2.20. The molecule has 70 valence electrons. The summed E-state index contributed by atoms with van der Waals surface area (Å²) in [6, 6.07) is 6.25. The second-order valence-corrected chi connectivity index (χ2v) is 3.71. The maximum atomic E-state index is 5.17. The van der Waals surface area contributed by atoms with Gasteiger partial charge in [0.25, 0.3) is 0 Å². The Morgan fingerprint density at radius 2 is 2.31 bits per heavy atom. The summed E-state index contributed by atoms with van der Waals surface area (Å²) in [5, 5.41) is 3.41. The van der Waals surface area contributed by atoms with Gasteiger partial charge in [0.1, 0.15) is 5.75 Å². The van der Waals surface area contributed by atoms with E-state index in [0.717, 1.165) is 18.2 Å². The number of nitrogens with one attached hydrogen (secondary N) is 1. The summed E-state index contributed by atoms with van der Waals surface area (Å²) in [4.78, 5) is 0. The van der Waals surface area contributed by atoms with Gasteiger partial charge in [-0.2, -0.15) is 0 Å². The summed E-state index contributed by atoms with van der Waals surface area (Å²) < 4.78 is 5.17. The van der Waals surface area contributed by atoms with Crippen molar-refractivity contribution in [1.82, 2.24) is 0 Å². The van der Waals surface area contributed by atoms with Gasteiger partial charge in [-0.25, -0.2) is 0 Å². The van der Waals surface area contributed by atoms with Gasteiger partial charge in [0.05, 0.1) is 7.11 Å². The quantitative estimate of drug-likeness (QED) is 0.710. The first-order chi connectivity index (χ1) is 6.29. The molecule has 1 aromatic rings. The highest BCUT2D eigenvalue weighted by Gasteiger charge is 2.14. The van der Waals surface area contributed by atoms with Gasteiger partial charge in [-0.1, -0.05) is 13.0 Å². The van der Waals surface area contributed by atoms with Crippen LogP contribution in [0.3, 0.4) is 0 Å². The van der Waals surface area contributed by atoms with Crippen LogP contribution in [0.2, 0.25) is 0 Å². The maximum Gasteiger partial charge on any atom is 0.120 e. The van der Waals surface area contributed by atoms with Crippen molar-refractivity contribution in [2.45, 2.75) is 13.3 Å². The number of hydrogen-bond acceptors (Lipinski definition) is 2. The highest BCUT2D eigenvalue weighted by Crippen LogP contribution is 2.28. The van der Waals surface area contributed by atoms with Crippen LogP contribution in [-0.4, -0.2) is 13.7 Å². The summed E-state index contributed by atoms with van der Waals surface area (Å²) in [6.07, 6.45) is 1.17. The third-order valence-corrected chi connectivity index (χ3v) is 2.53. The highest BCUT2D eigenvalue weighted by molar-refractivity contribution is 5.56. The molecule has 2 rings (SSSR count). The fraction of sp³-hybridized carbons (Fsp3) is 0.455. The average Bonchev–Trinajstić information content (AvgIpc) is 2.17. The van der Waals surface area contributed by atoms with Gasteiger partial charge in [0.15, 0.2) is 0 Å². The fourth-order valence-corrected chi connectivity index (χ4v) is 1.76. The van der Waals surface area contributed by atoms with Gasteiger partial charge in [0, 0.05) is 18.3 Å². The zero-order valence-electron chi connectivity index (χ0n) is 8.13. The van der Waals surface area contributed by atoms with Crippen LogP contribution in [0.1, 0.15) is 12.5 Å². The van der Waals surface area contributed by atoms with Crippen LogP contribution in [0.4, 0.5) is 5.69 Å².